The summed E-state index contributed by atoms with van der Waals surface area (Å²) in [6.45, 7) is 5.05. The molecule has 0 bridgehead atoms. The van der Waals surface area contributed by atoms with Crippen LogP contribution in [-0.2, 0) is 11.2 Å². The van der Waals surface area contributed by atoms with Gasteiger partial charge in [0.1, 0.15) is 11.5 Å². The Morgan fingerprint density at radius 3 is 2.60 bits per heavy atom. The largest absolute Gasteiger partial charge is 0.493 e. The van der Waals surface area contributed by atoms with Crippen molar-refractivity contribution in [1.82, 2.24) is 19.9 Å². The van der Waals surface area contributed by atoms with Crippen LogP contribution in [0.5, 0.6) is 23.0 Å². The average Bonchev–Trinajstić information content (AvgIpc) is 3.56. The molecule has 0 radical (unpaired) electrons. The smallest absolute Gasteiger partial charge is 0.197 e. The highest BCUT2D eigenvalue weighted by molar-refractivity contribution is 7.17. The highest BCUT2D eigenvalue weighted by atomic mass is 32.1. The molecular formula is C33H32N4O5S. The molecule has 0 amide bonds. The van der Waals surface area contributed by atoms with Crippen LogP contribution >= 0.6 is 11.3 Å². The molecule has 1 fully saturated rings. The molecular weight excluding hydrogens is 564 g/mol. The topological polar surface area (TPSA) is 95.9 Å². The van der Waals surface area contributed by atoms with Gasteiger partial charge in [-0.25, -0.2) is 4.98 Å². The zero-order valence-corrected chi connectivity index (χ0v) is 24.7. The molecule has 6 rings (SSSR count). The third-order valence-corrected chi connectivity index (χ3v) is 8.22. The number of pyridine rings is 2. The fraction of sp³-hybridized carbons (Fsp3) is 0.273. The Morgan fingerprint density at radius 1 is 0.953 bits per heavy atom. The van der Waals surface area contributed by atoms with Crippen molar-refractivity contribution in [3.8, 4) is 33.4 Å². The van der Waals surface area contributed by atoms with Crippen LogP contribution in [0.1, 0.15) is 21.9 Å². The fourth-order valence-corrected chi connectivity index (χ4v) is 5.73. The van der Waals surface area contributed by atoms with E-state index in [-0.39, 0.29) is 12.2 Å². The summed E-state index contributed by atoms with van der Waals surface area (Å²) >= 11 is 1.39. The number of hydrogen-bond donors (Lipinski definition) is 0. The minimum absolute atomic E-state index is 0.0697. The van der Waals surface area contributed by atoms with Crippen LogP contribution in [-0.4, -0.2) is 72.2 Å². The molecule has 1 aliphatic rings. The number of carbonyl (C=O) groups excluding carboxylic acids is 1. The van der Waals surface area contributed by atoms with Crippen molar-refractivity contribution >= 4 is 28.0 Å². The highest BCUT2D eigenvalue weighted by Crippen LogP contribution is 2.37. The van der Waals surface area contributed by atoms with E-state index in [1.54, 1.807) is 37.8 Å². The molecule has 9 nitrogen and oxygen atoms in total. The van der Waals surface area contributed by atoms with E-state index < -0.39 is 0 Å². The molecule has 1 saturated heterocycles. The Labute approximate surface area is 254 Å². The number of hydrogen-bond acceptors (Lipinski definition) is 10. The summed E-state index contributed by atoms with van der Waals surface area (Å²) in [5.74, 6) is 2.35. The van der Waals surface area contributed by atoms with Gasteiger partial charge in [-0.1, -0.05) is 30.3 Å². The second kappa shape index (κ2) is 13.7. The van der Waals surface area contributed by atoms with Gasteiger partial charge in [0, 0.05) is 49.2 Å². The number of methoxy groups -OCH3 is 1. The van der Waals surface area contributed by atoms with Crippen LogP contribution in [0.25, 0.3) is 21.3 Å². The lowest BCUT2D eigenvalue weighted by atomic mass is 10.1. The Hall–Kier alpha value is -4.38. The van der Waals surface area contributed by atoms with E-state index >= 15 is 0 Å². The number of nitrogens with zero attached hydrogens (tertiary/aromatic N) is 4. The Bertz CT molecular complexity index is 1670. The number of rotatable bonds is 12. The van der Waals surface area contributed by atoms with Crippen molar-refractivity contribution in [1.29, 1.82) is 0 Å². The van der Waals surface area contributed by atoms with Crippen molar-refractivity contribution < 1.29 is 23.7 Å². The molecule has 5 aromatic rings. The summed E-state index contributed by atoms with van der Waals surface area (Å²) in [5, 5.41) is 1.26. The number of morpholine rings is 1. The number of thiazole rings is 1. The van der Waals surface area contributed by atoms with Gasteiger partial charge in [0.15, 0.2) is 22.3 Å². The van der Waals surface area contributed by atoms with E-state index in [0.717, 1.165) is 60.6 Å². The monoisotopic (exact) mass is 596 g/mol. The molecule has 1 aliphatic heterocycles. The lowest BCUT2D eigenvalue weighted by Gasteiger charge is -2.26. The first-order valence-corrected chi connectivity index (χ1v) is 15.0. The number of carbonyl (C=O) groups is 1. The lowest BCUT2D eigenvalue weighted by Crippen LogP contribution is -2.37. The van der Waals surface area contributed by atoms with Crippen LogP contribution in [0.15, 0.2) is 79.3 Å². The standard InChI is InChI=1S/C33H32N4O5S/c1-39-30-19-26-27(20-31(30)41-15-5-12-37-13-16-40-17-14-37)34-11-10-29(26)42-25-9-8-24(35-21-25)18-28(38)33-36-22-32(43-33)23-6-3-2-4-7-23/h2-4,6-11,19-22H,5,12-18H2,1H3. The number of ketones is 1. The van der Waals surface area contributed by atoms with Crippen LogP contribution in [0, 0.1) is 0 Å². The van der Waals surface area contributed by atoms with Gasteiger partial charge in [-0.3, -0.25) is 19.7 Å². The van der Waals surface area contributed by atoms with Gasteiger partial charge < -0.3 is 18.9 Å². The summed E-state index contributed by atoms with van der Waals surface area (Å²) in [6, 6.07) is 19.1. The summed E-state index contributed by atoms with van der Waals surface area (Å²) in [4.78, 5) is 29.5. The van der Waals surface area contributed by atoms with Gasteiger partial charge in [-0.05, 0) is 36.2 Å². The minimum atomic E-state index is -0.0697. The van der Waals surface area contributed by atoms with E-state index in [9.17, 15) is 4.79 Å². The molecule has 3 aromatic heterocycles. The maximum absolute atomic E-state index is 12.9. The zero-order chi connectivity index (χ0) is 29.4. The molecule has 0 aliphatic carbocycles. The molecule has 0 N–H and O–H groups in total. The average molecular weight is 597 g/mol. The molecule has 2 aromatic carbocycles. The molecule has 4 heterocycles. The van der Waals surface area contributed by atoms with Crippen LogP contribution in [0.2, 0.25) is 0 Å². The number of Topliss-reactive ketones (excluding diaryl/α,β-unsaturated/α-hetero) is 1. The van der Waals surface area contributed by atoms with Gasteiger partial charge in [0.05, 0.1) is 49.9 Å². The maximum Gasteiger partial charge on any atom is 0.197 e. The first-order chi connectivity index (χ1) is 21.2. The lowest BCUT2D eigenvalue weighted by molar-refractivity contribution is 0.0357. The summed E-state index contributed by atoms with van der Waals surface area (Å²) < 4.78 is 23.3. The summed E-state index contributed by atoms with van der Waals surface area (Å²) in [7, 11) is 1.62. The fourth-order valence-electron chi connectivity index (χ4n) is 4.87. The first kappa shape index (κ1) is 28.7. The third kappa shape index (κ3) is 7.16. The SMILES string of the molecule is COc1cc2c(Oc3ccc(CC(=O)c4ncc(-c5ccccc5)s4)nc3)ccnc2cc1OCCCN1CCOCC1. The van der Waals surface area contributed by atoms with E-state index in [4.69, 9.17) is 18.9 Å². The maximum atomic E-state index is 12.9. The Morgan fingerprint density at radius 2 is 1.81 bits per heavy atom. The van der Waals surface area contributed by atoms with E-state index in [2.05, 4.69) is 19.9 Å². The minimum Gasteiger partial charge on any atom is -0.493 e. The number of ether oxygens (including phenoxy) is 4. The normalized spacial score (nSPS) is 13.6. The van der Waals surface area contributed by atoms with Gasteiger partial charge >= 0.3 is 0 Å². The molecule has 0 unspecified atom stereocenters. The van der Waals surface area contributed by atoms with Crippen molar-refractivity contribution in [3.05, 3.63) is 90.0 Å². The van der Waals surface area contributed by atoms with Gasteiger partial charge in [0.2, 0.25) is 0 Å². The molecule has 0 spiro atoms. The van der Waals surface area contributed by atoms with Crippen LogP contribution in [0.3, 0.4) is 0 Å². The molecule has 10 heteroatoms. The van der Waals surface area contributed by atoms with Gasteiger partial charge in [-0.2, -0.15) is 0 Å². The molecule has 0 saturated carbocycles. The predicted molar refractivity (Wildman–Crippen MR) is 166 cm³/mol. The Kier molecular flexibility index (Phi) is 9.17. The van der Waals surface area contributed by atoms with E-state index in [1.807, 2.05) is 48.5 Å². The molecule has 220 valence electrons. The Balaban J connectivity index is 1.09. The summed E-state index contributed by atoms with van der Waals surface area (Å²) in [6.07, 6.45) is 6.13. The first-order valence-electron chi connectivity index (χ1n) is 14.2. The number of fused-ring (bicyclic) bond motifs is 1. The van der Waals surface area contributed by atoms with Crippen molar-refractivity contribution in [2.24, 2.45) is 0 Å². The van der Waals surface area contributed by atoms with Crippen LogP contribution in [0.4, 0.5) is 0 Å². The quantitative estimate of drug-likeness (QED) is 0.125. The van der Waals surface area contributed by atoms with Crippen LogP contribution < -0.4 is 14.2 Å². The zero-order valence-electron chi connectivity index (χ0n) is 23.9. The van der Waals surface area contributed by atoms with Crippen molar-refractivity contribution in [3.63, 3.8) is 0 Å². The highest BCUT2D eigenvalue weighted by Gasteiger charge is 2.16. The number of aromatic nitrogens is 3. The van der Waals surface area contributed by atoms with Crippen molar-refractivity contribution in [2.75, 3.05) is 46.6 Å². The third-order valence-electron chi connectivity index (χ3n) is 7.14. The second-order valence-corrected chi connectivity index (χ2v) is 11.1. The number of benzene rings is 2. The van der Waals surface area contributed by atoms with Crippen molar-refractivity contribution in [2.45, 2.75) is 12.8 Å². The summed E-state index contributed by atoms with van der Waals surface area (Å²) in [5.41, 5.74) is 2.42. The predicted octanol–water partition coefficient (Wildman–Crippen LogP) is 6.08. The second-order valence-electron chi connectivity index (χ2n) is 10.1. The molecule has 43 heavy (non-hydrogen) atoms. The molecule has 0 atom stereocenters. The van der Waals surface area contributed by atoms with Gasteiger partial charge in [-0.15, -0.1) is 11.3 Å². The van der Waals surface area contributed by atoms with E-state index in [0.29, 0.717) is 40.3 Å². The van der Waals surface area contributed by atoms with Gasteiger partial charge in [0.25, 0.3) is 0 Å². The van der Waals surface area contributed by atoms with E-state index in [1.165, 1.54) is 11.3 Å².